The number of rotatable bonds is 6. The summed E-state index contributed by atoms with van der Waals surface area (Å²) in [6, 6.07) is 13.9. The predicted octanol–water partition coefficient (Wildman–Crippen LogP) is 0.989. The van der Waals surface area contributed by atoms with Crippen molar-refractivity contribution in [3.05, 3.63) is 64.5 Å². The maximum atomic E-state index is 12.5. The molecule has 0 aliphatic carbocycles. The number of nitrogens with one attached hydrogen (secondary N) is 2. The van der Waals surface area contributed by atoms with Crippen LogP contribution in [0, 0.1) is 0 Å². The summed E-state index contributed by atoms with van der Waals surface area (Å²) in [5.74, 6) is -0.0749. The number of carbonyl (C=O) groups is 1. The average Bonchev–Trinajstić information content (AvgIpc) is 2.74. The molecule has 1 amide bonds. The lowest BCUT2D eigenvalue weighted by Gasteiger charge is -2.28. The minimum absolute atomic E-state index is 0.0347. The molecule has 3 N–H and O–H groups in total. The topological polar surface area (TPSA) is 96.5 Å². The molecule has 1 saturated heterocycles. The summed E-state index contributed by atoms with van der Waals surface area (Å²) in [5, 5.41) is 13.3. The second kappa shape index (κ2) is 9.20. The number of hydrogen-bond acceptors (Lipinski definition) is 6. The van der Waals surface area contributed by atoms with Gasteiger partial charge in [-0.1, -0.05) is 0 Å². The third-order valence-electron chi connectivity index (χ3n) is 5.30. The van der Waals surface area contributed by atoms with Gasteiger partial charge in [-0.2, -0.15) is 0 Å². The molecule has 1 aliphatic heterocycles. The Morgan fingerprint density at radius 1 is 1.13 bits per heavy atom. The van der Waals surface area contributed by atoms with Gasteiger partial charge < -0.3 is 29.4 Å². The van der Waals surface area contributed by atoms with Crippen molar-refractivity contribution in [2.24, 2.45) is 0 Å². The van der Waals surface area contributed by atoms with Crippen molar-refractivity contribution < 1.29 is 24.0 Å². The molecule has 1 atom stereocenters. The van der Waals surface area contributed by atoms with Crippen molar-refractivity contribution in [1.29, 1.82) is 0 Å². The lowest BCUT2D eigenvalue weighted by molar-refractivity contribution is -0.885. The number of likely N-dealkylation sites (N-methyl/N-ethyl adjacent to an activating group) is 1. The molecule has 2 aromatic carbocycles. The number of quaternary nitrogens is 1. The second-order valence-electron chi connectivity index (χ2n) is 7.78. The molecule has 1 fully saturated rings. The molecule has 4 rings (SSSR count). The zero-order valence-corrected chi connectivity index (χ0v) is 17.4. The molecule has 1 unspecified atom stereocenters. The Kier molecular flexibility index (Phi) is 6.20. The molecule has 31 heavy (non-hydrogen) atoms. The minimum Gasteiger partial charge on any atom is -0.508 e. The van der Waals surface area contributed by atoms with Crippen molar-refractivity contribution in [3.63, 3.8) is 0 Å². The quantitative estimate of drug-likeness (QED) is 0.511. The van der Waals surface area contributed by atoms with E-state index in [2.05, 4.69) is 10.2 Å². The summed E-state index contributed by atoms with van der Waals surface area (Å²) in [4.78, 5) is 27.5. The lowest BCUT2D eigenvalue weighted by atomic mass is 10.1. The number of aromatic hydroxyl groups is 1. The first kappa shape index (κ1) is 20.9. The van der Waals surface area contributed by atoms with Crippen LogP contribution in [-0.4, -0.2) is 50.9 Å². The molecule has 0 saturated carbocycles. The van der Waals surface area contributed by atoms with Gasteiger partial charge in [0.05, 0.1) is 20.3 Å². The van der Waals surface area contributed by atoms with E-state index in [1.54, 1.807) is 12.1 Å². The Labute approximate surface area is 179 Å². The fourth-order valence-electron chi connectivity index (χ4n) is 3.81. The van der Waals surface area contributed by atoms with Crippen LogP contribution in [-0.2, 0) is 16.1 Å². The summed E-state index contributed by atoms with van der Waals surface area (Å²) in [5.41, 5.74) is 2.48. The van der Waals surface area contributed by atoms with E-state index < -0.39 is 5.63 Å². The van der Waals surface area contributed by atoms with Crippen LogP contribution in [0.5, 0.6) is 5.75 Å². The Balaban J connectivity index is 1.37. The number of ether oxygens (including phenoxy) is 1. The SMILES string of the molecule is C[NH+](CC(=O)Nc1ccc(N2CCOCC2)cc1)Cc1cc(=O)oc2cc(O)ccc12. The summed E-state index contributed by atoms with van der Waals surface area (Å²) < 4.78 is 10.5. The van der Waals surface area contributed by atoms with Crippen LogP contribution in [0.2, 0.25) is 0 Å². The number of fused-ring (bicyclic) bond motifs is 1. The Morgan fingerprint density at radius 3 is 2.61 bits per heavy atom. The van der Waals surface area contributed by atoms with Crippen LogP contribution in [0.25, 0.3) is 11.0 Å². The van der Waals surface area contributed by atoms with Gasteiger partial charge in [0.15, 0.2) is 6.54 Å². The standard InChI is InChI=1S/C23H25N3O5/c1-25(14-16-12-23(29)31-21-13-19(27)6-7-20(16)21)15-22(28)24-17-2-4-18(5-3-17)26-8-10-30-11-9-26/h2-7,12-13,27H,8-11,14-15H2,1H3,(H,24,28)/p+1. The fourth-order valence-corrected chi connectivity index (χ4v) is 3.81. The van der Waals surface area contributed by atoms with Gasteiger partial charge in [-0.3, -0.25) is 4.79 Å². The molecular formula is C23H26N3O5+. The zero-order chi connectivity index (χ0) is 21.8. The van der Waals surface area contributed by atoms with Gasteiger partial charge in [-0.25, -0.2) is 4.79 Å². The van der Waals surface area contributed by atoms with Gasteiger partial charge >= 0.3 is 5.63 Å². The van der Waals surface area contributed by atoms with Gasteiger partial charge in [0, 0.05) is 47.5 Å². The molecule has 2 heterocycles. The fraction of sp³-hybridized carbons (Fsp3) is 0.304. The first-order valence-corrected chi connectivity index (χ1v) is 10.3. The van der Waals surface area contributed by atoms with Crippen LogP contribution < -0.4 is 20.7 Å². The van der Waals surface area contributed by atoms with E-state index in [1.807, 2.05) is 31.3 Å². The highest BCUT2D eigenvalue weighted by molar-refractivity contribution is 5.91. The number of benzene rings is 2. The number of amides is 1. The lowest BCUT2D eigenvalue weighted by Crippen LogP contribution is -3.08. The Morgan fingerprint density at radius 2 is 1.87 bits per heavy atom. The van der Waals surface area contributed by atoms with E-state index in [0.717, 1.165) is 53.5 Å². The van der Waals surface area contributed by atoms with Crippen LogP contribution in [0.3, 0.4) is 0 Å². The van der Waals surface area contributed by atoms with Crippen molar-refractivity contribution in [2.75, 3.05) is 50.1 Å². The average molecular weight is 424 g/mol. The van der Waals surface area contributed by atoms with Gasteiger partial charge in [0.25, 0.3) is 5.91 Å². The third kappa shape index (κ3) is 5.22. The smallest absolute Gasteiger partial charge is 0.336 e. The van der Waals surface area contributed by atoms with Crippen molar-refractivity contribution in [2.45, 2.75) is 6.54 Å². The number of anilines is 2. The Bertz CT molecular complexity index is 1120. The molecule has 1 aliphatic rings. The van der Waals surface area contributed by atoms with E-state index in [4.69, 9.17) is 9.15 Å². The number of hydrogen-bond donors (Lipinski definition) is 3. The van der Waals surface area contributed by atoms with Crippen LogP contribution in [0.1, 0.15) is 5.56 Å². The van der Waals surface area contributed by atoms with E-state index in [9.17, 15) is 14.7 Å². The van der Waals surface area contributed by atoms with Gasteiger partial charge in [-0.05, 0) is 36.4 Å². The van der Waals surface area contributed by atoms with E-state index >= 15 is 0 Å². The second-order valence-corrected chi connectivity index (χ2v) is 7.78. The monoisotopic (exact) mass is 424 g/mol. The van der Waals surface area contributed by atoms with Gasteiger partial charge in [-0.15, -0.1) is 0 Å². The first-order valence-electron chi connectivity index (χ1n) is 10.3. The largest absolute Gasteiger partial charge is 0.508 e. The molecule has 3 aromatic rings. The third-order valence-corrected chi connectivity index (χ3v) is 5.30. The zero-order valence-electron chi connectivity index (χ0n) is 17.4. The highest BCUT2D eigenvalue weighted by Gasteiger charge is 2.15. The molecule has 1 aromatic heterocycles. The normalized spacial score (nSPS) is 15.1. The maximum Gasteiger partial charge on any atom is 0.336 e. The number of nitrogens with zero attached hydrogens (tertiary/aromatic N) is 1. The van der Waals surface area contributed by atoms with Crippen molar-refractivity contribution in [1.82, 2.24) is 0 Å². The van der Waals surface area contributed by atoms with Gasteiger partial charge in [0.1, 0.15) is 17.9 Å². The van der Waals surface area contributed by atoms with Crippen molar-refractivity contribution >= 4 is 28.3 Å². The van der Waals surface area contributed by atoms with Crippen LogP contribution in [0.15, 0.2) is 57.7 Å². The molecule has 8 nitrogen and oxygen atoms in total. The minimum atomic E-state index is -0.481. The Hall–Kier alpha value is -3.36. The molecule has 0 radical (unpaired) electrons. The van der Waals surface area contributed by atoms with Crippen LogP contribution >= 0.6 is 0 Å². The van der Waals surface area contributed by atoms with Crippen molar-refractivity contribution in [3.8, 4) is 5.75 Å². The number of phenolic OH excluding ortho intramolecular Hbond substituents is 1. The molecular weight excluding hydrogens is 398 g/mol. The molecule has 162 valence electrons. The number of phenols is 1. The van der Waals surface area contributed by atoms with E-state index in [-0.39, 0.29) is 18.2 Å². The summed E-state index contributed by atoms with van der Waals surface area (Å²) in [7, 11) is 1.89. The number of morpholine rings is 1. The summed E-state index contributed by atoms with van der Waals surface area (Å²) in [6.07, 6.45) is 0. The van der Waals surface area contributed by atoms with E-state index in [0.29, 0.717) is 12.1 Å². The molecule has 0 spiro atoms. The summed E-state index contributed by atoms with van der Waals surface area (Å²) in [6.45, 7) is 3.90. The van der Waals surface area contributed by atoms with Gasteiger partial charge in [0.2, 0.25) is 0 Å². The highest BCUT2D eigenvalue weighted by atomic mass is 16.5. The summed E-state index contributed by atoms with van der Waals surface area (Å²) >= 11 is 0. The van der Waals surface area contributed by atoms with E-state index in [1.165, 1.54) is 12.1 Å². The predicted molar refractivity (Wildman–Crippen MR) is 118 cm³/mol. The first-order chi connectivity index (χ1) is 15.0. The maximum absolute atomic E-state index is 12.5. The molecule has 8 heteroatoms. The highest BCUT2D eigenvalue weighted by Crippen LogP contribution is 2.21. The van der Waals surface area contributed by atoms with Crippen LogP contribution in [0.4, 0.5) is 11.4 Å². The number of carbonyl (C=O) groups excluding carboxylic acids is 1. The molecule has 0 bridgehead atoms.